The molecule has 3 aliphatic rings. The van der Waals surface area contributed by atoms with Crippen molar-refractivity contribution in [2.24, 2.45) is 0 Å². The molecule has 0 N–H and O–H groups in total. The van der Waals surface area contributed by atoms with Gasteiger partial charge in [0.2, 0.25) is 10.0 Å². The standard InChI is InChI=1S/C16H22N2O4S/c1-12-11-17(13-2-3-13)6-7-18(12)23(19,20)14-4-5-15-16(10-14)22-9-8-21-15/h4-5,10,12-13H,2-3,6-9,11H2,1H3. The topological polar surface area (TPSA) is 59.1 Å². The van der Waals surface area contributed by atoms with Crippen LogP contribution >= 0.6 is 0 Å². The maximum atomic E-state index is 13.0. The average molecular weight is 338 g/mol. The van der Waals surface area contributed by atoms with Crippen LogP contribution in [0.15, 0.2) is 23.1 Å². The van der Waals surface area contributed by atoms with Crippen LogP contribution in [0.3, 0.4) is 0 Å². The van der Waals surface area contributed by atoms with E-state index < -0.39 is 10.0 Å². The highest BCUT2D eigenvalue weighted by Gasteiger charge is 2.38. The van der Waals surface area contributed by atoms with Crippen molar-refractivity contribution in [1.82, 2.24) is 9.21 Å². The van der Waals surface area contributed by atoms with Gasteiger partial charge in [0, 0.05) is 37.8 Å². The molecule has 0 radical (unpaired) electrons. The Morgan fingerprint density at radius 3 is 2.52 bits per heavy atom. The zero-order valence-electron chi connectivity index (χ0n) is 13.3. The lowest BCUT2D eigenvalue weighted by Crippen LogP contribution is -2.54. The van der Waals surface area contributed by atoms with Crippen molar-refractivity contribution < 1.29 is 17.9 Å². The molecule has 0 bridgehead atoms. The SMILES string of the molecule is CC1CN(C2CC2)CCN1S(=O)(=O)c1ccc2c(c1)OCCO2. The number of sulfonamides is 1. The van der Waals surface area contributed by atoms with Gasteiger partial charge in [0.15, 0.2) is 11.5 Å². The Morgan fingerprint density at radius 1 is 1.09 bits per heavy atom. The third kappa shape index (κ3) is 2.81. The van der Waals surface area contributed by atoms with Crippen molar-refractivity contribution in [1.29, 1.82) is 0 Å². The maximum Gasteiger partial charge on any atom is 0.243 e. The zero-order valence-corrected chi connectivity index (χ0v) is 14.1. The van der Waals surface area contributed by atoms with Crippen molar-refractivity contribution >= 4 is 10.0 Å². The molecule has 126 valence electrons. The van der Waals surface area contributed by atoms with Gasteiger partial charge < -0.3 is 9.47 Å². The van der Waals surface area contributed by atoms with Crippen LogP contribution < -0.4 is 9.47 Å². The van der Waals surface area contributed by atoms with E-state index >= 15 is 0 Å². The monoisotopic (exact) mass is 338 g/mol. The predicted octanol–water partition coefficient (Wildman–Crippen LogP) is 1.31. The fourth-order valence-electron chi connectivity index (χ4n) is 3.42. The molecule has 7 heteroatoms. The molecule has 0 aromatic heterocycles. The Kier molecular flexibility index (Phi) is 3.74. The first-order valence-electron chi connectivity index (χ1n) is 8.21. The van der Waals surface area contributed by atoms with Crippen LogP contribution in [-0.2, 0) is 10.0 Å². The smallest absolute Gasteiger partial charge is 0.243 e. The molecule has 1 saturated carbocycles. The molecule has 23 heavy (non-hydrogen) atoms. The fraction of sp³-hybridized carbons (Fsp3) is 0.625. The van der Waals surface area contributed by atoms with E-state index in [0.29, 0.717) is 37.3 Å². The summed E-state index contributed by atoms with van der Waals surface area (Å²) >= 11 is 0. The highest BCUT2D eigenvalue weighted by Crippen LogP contribution is 2.35. The minimum Gasteiger partial charge on any atom is -0.486 e. The molecule has 2 heterocycles. The van der Waals surface area contributed by atoms with Gasteiger partial charge in [0.25, 0.3) is 0 Å². The quantitative estimate of drug-likeness (QED) is 0.832. The van der Waals surface area contributed by atoms with Gasteiger partial charge in [-0.05, 0) is 31.9 Å². The third-order valence-corrected chi connectivity index (χ3v) is 6.79. The van der Waals surface area contributed by atoms with Gasteiger partial charge in [0.05, 0.1) is 4.90 Å². The molecule has 1 aromatic carbocycles. The summed E-state index contributed by atoms with van der Waals surface area (Å²) in [4.78, 5) is 2.70. The summed E-state index contributed by atoms with van der Waals surface area (Å²) in [5, 5.41) is 0. The minimum absolute atomic E-state index is 0.0115. The van der Waals surface area contributed by atoms with Crippen LogP contribution in [-0.4, -0.2) is 62.6 Å². The van der Waals surface area contributed by atoms with E-state index in [4.69, 9.17) is 9.47 Å². The summed E-state index contributed by atoms with van der Waals surface area (Å²) in [5.41, 5.74) is 0. The zero-order chi connectivity index (χ0) is 16.0. The Balaban J connectivity index is 1.57. The minimum atomic E-state index is -3.50. The van der Waals surface area contributed by atoms with Crippen LogP contribution in [0.25, 0.3) is 0 Å². The van der Waals surface area contributed by atoms with E-state index in [0.717, 1.165) is 13.1 Å². The van der Waals surface area contributed by atoms with Crippen LogP contribution in [0.4, 0.5) is 0 Å². The van der Waals surface area contributed by atoms with Crippen LogP contribution in [0.2, 0.25) is 0 Å². The summed E-state index contributed by atoms with van der Waals surface area (Å²) < 4.78 is 38.6. The van der Waals surface area contributed by atoms with Crippen molar-refractivity contribution in [2.45, 2.75) is 36.7 Å². The second kappa shape index (κ2) is 5.65. The second-order valence-electron chi connectivity index (χ2n) is 6.50. The number of fused-ring (bicyclic) bond motifs is 1. The second-order valence-corrected chi connectivity index (χ2v) is 8.39. The van der Waals surface area contributed by atoms with E-state index in [-0.39, 0.29) is 10.9 Å². The first kappa shape index (κ1) is 15.2. The summed E-state index contributed by atoms with van der Waals surface area (Å²) in [6.07, 6.45) is 2.50. The molecule has 2 fully saturated rings. The highest BCUT2D eigenvalue weighted by molar-refractivity contribution is 7.89. The molecular weight excluding hydrogens is 316 g/mol. The van der Waals surface area contributed by atoms with Crippen molar-refractivity contribution in [3.8, 4) is 11.5 Å². The van der Waals surface area contributed by atoms with Crippen molar-refractivity contribution in [2.75, 3.05) is 32.8 Å². The summed E-state index contributed by atoms with van der Waals surface area (Å²) in [5.74, 6) is 1.13. The number of benzene rings is 1. The summed E-state index contributed by atoms with van der Waals surface area (Å²) in [6.45, 7) is 5.12. The molecule has 4 rings (SSSR count). The van der Waals surface area contributed by atoms with Gasteiger partial charge >= 0.3 is 0 Å². The molecule has 1 atom stereocenters. The number of nitrogens with zero attached hydrogens (tertiary/aromatic N) is 2. The van der Waals surface area contributed by atoms with Crippen molar-refractivity contribution in [3.05, 3.63) is 18.2 Å². The molecule has 2 aliphatic heterocycles. The van der Waals surface area contributed by atoms with Gasteiger partial charge in [-0.25, -0.2) is 8.42 Å². The van der Waals surface area contributed by atoms with E-state index in [1.54, 1.807) is 22.5 Å². The first-order chi connectivity index (χ1) is 11.1. The molecule has 1 aromatic rings. The first-order valence-corrected chi connectivity index (χ1v) is 9.65. The van der Waals surface area contributed by atoms with Crippen LogP contribution in [0, 0.1) is 0 Å². The Bertz CT molecular complexity index is 702. The molecule has 1 aliphatic carbocycles. The van der Waals surface area contributed by atoms with Crippen LogP contribution in [0.1, 0.15) is 19.8 Å². The van der Waals surface area contributed by atoms with Crippen LogP contribution in [0.5, 0.6) is 11.5 Å². The lowest BCUT2D eigenvalue weighted by atomic mass is 10.2. The summed E-state index contributed by atoms with van der Waals surface area (Å²) in [7, 11) is -3.50. The average Bonchev–Trinajstić information content (AvgIpc) is 3.39. The van der Waals surface area contributed by atoms with Gasteiger partial charge in [-0.15, -0.1) is 0 Å². The Morgan fingerprint density at radius 2 is 1.83 bits per heavy atom. The van der Waals surface area contributed by atoms with E-state index in [9.17, 15) is 8.42 Å². The number of piperazine rings is 1. The van der Waals surface area contributed by atoms with Gasteiger partial charge in [0.1, 0.15) is 13.2 Å². The third-order valence-electron chi connectivity index (χ3n) is 4.78. The van der Waals surface area contributed by atoms with Gasteiger partial charge in [-0.1, -0.05) is 0 Å². The largest absolute Gasteiger partial charge is 0.486 e. The number of ether oxygens (including phenoxy) is 2. The fourth-order valence-corrected chi connectivity index (χ4v) is 5.05. The molecular formula is C16H22N2O4S. The number of hydrogen-bond donors (Lipinski definition) is 0. The molecule has 1 unspecified atom stereocenters. The molecule has 0 amide bonds. The van der Waals surface area contributed by atoms with E-state index in [1.807, 2.05) is 6.92 Å². The Labute approximate surface area is 137 Å². The highest BCUT2D eigenvalue weighted by atomic mass is 32.2. The summed E-state index contributed by atoms with van der Waals surface area (Å²) in [6, 6.07) is 5.55. The normalized spacial score (nSPS) is 26.2. The van der Waals surface area contributed by atoms with E-state index in [2.05, 4.69) is 4.90 Å². The lowest BCUT2D eigenvalue weighted by molar-refractivity contribution is 0.137. The lowest BCUT2D eigenvalue weighted by Gasteiger charge is -2.39. The van der Waals surface area contributed by atoms with Gasteiger partial charge in [-0.3, -0.25) is 4.90 Å². The van der Waals surface area contributed by atoms with Gasteiger partial charge in [-0.2, -0.15) is 4.31 Å². The predicted molar refractivity (Wildman–Crippen MR) is 85.4 cm³/mol. The molecule has 0 spiro atoms. The Hall–Kier alpha value is -1.31. The number of hydrogen-bond acceptors (Lipinski definition) is 5. The molecule has 1 saturated heterocycles. The number of rotatable bonds is 3. The van der Waals surface area contributed by atoms with Crippen molar-refractivity contribution in [3.63, 3.8) is 0 Å². The molecule has 6 nitrogen and oxygen atoms in total. The maximum absolute atomic E-state index is 13.0. The van der Waals surface area contributed by atoms with E-state index in [1.165, 1.54) is 12.8 Å².